The maximum Gasteiger partial charge on any atom is 0.322 e. The van der Waals surface area contributed by atoms with Crippen molar-refractivity contribution in [2.75, 3.05) is 5.32 Å². The lowest BCUT2D eigenvalue weighted by Crippen LogP contribution is -2.44. The van der Waals surface area contributed by atoms with Crippen LogP contribution in [0.1, 0.15) is 49.4 Å². The second kappa shape index (κ2) is 6.18. The summed E-state index contributed by atoms with van der Waals surface area (Å²) in [7, 11) is 0. The predicted molar refractivity (Wildman–Crippen MR) is 85.6 cm³/mol. The Morgan fingerprint density at radius 3 is 2.74 bits per heavy atom. The number of anilines is 1. The highest BCUT2D eigenvalue weighted by Gasteiger charge is 2.42. The largest absolute Gasteiger partial charge is 0.366 e. The van der Waals surface area contributed by atoms with Gasteiger partial charge in [-0.3, -0.25) is 4.79 Å². The first kappa shape index (κ1) is 15.8. The van der Waals surface area contributed by atoms with Crippen molar-refractivity contribution in [3.05, 3.63) is 29.6 Å². The summed E-state index contributed by atoms with van der Waals surface area (Å²) in [4.78, 5) is 25.5. The monoisotopic (exact) mass is 319 g/mol. The summed E-state index contributed by atoms with van der Waals surface area (Å²) in [5.41, 5.74) is 5.28. The zero-order chi connectivity index (χ0) is 16.6. The van der Waals surface area contributed by atoms with E-state index >= 15 is 0 Å². The molecule has 3 rings (SSSR count). The van der Waals surface area contributed by atoms with Gasteiger partial charge in [0.2, 0.25) is 5.91 Å². The van der Waals surface area contributed by atoms with Gasteiger partial charge in [0.05, 0.1) is 5.69 Å². The van der Waals surface area contributed by atoms with E-state index in [9.17, 15) is 14.0 Å². The zero-order valence-electron chi connectivity index (χ0n) is 13.2. The molecule has 6 heteroatoms. The number of nitrogens with one attached hydrogen (secondary N) is 1. The summed E-state index contributed by atoms with van der Waals surface area (Å²) >= 11 is 0. The summed E-state index contributed by atoms with van der Waals surface area (Å²) < 4.78 is 14.0. The summed E-state index contributed by atoms with van der Waals surface area (Å²) in [5, 5.41) is 2.64. The summed E-state index contributed by atoms with van der Waals surface area (Å²) in [5.74, 6) is -0.784. The lowest BCUT2D eigenvalue weighted by molar-refractivity contribution is 0.1000. The minimum atomic E-state index is -0.694. The molecule has 1 saturated heterocycles. The number of carbonyl (C=O) groups is 2. The number of amides is 3. The van der Waals surface area contributed by atoms with Gasteiger partial charge in [-0.15, -0.1) is 0 Å². The van der Waals surface area contributed by atoms with E-state index in [1.807, 2.05) is 11.8 Å². The molecule has 1 aromatic carbocycles. The average Bonchev–Trinajstić information content (AvgIpc) is 2.84. The molecule has 0 bridgehead atoms. The van der Waals surface area contributed by atoms with E-state index in [1.54, 1.807) is 0 Å². The Balaban J connectivity index is 1.75. The molecule has 1 aliphatic heterocycles. The lowest BCUT2D eigenvalue weighted by Gasteiger charge is -2.33. The number of benzene rings is 1. The maximum absolute atomic E-state index is 14.0. The molecule has 5 nitrogen and oxygen atoms in total. The molecule has 0 aromatic heterocycles. The van der Waals surface area contributed by atoms with Crippen LogP contribution in [-0.2, 0) is 0 Å². The van der Waals surface area contributed by atoms with Crippen LogP contribution in [0.3, 0.4) is 0 Å². The van der Waals surface area contributed by atoms with Gasteiger partial charge in [0, 0.05) is 17.6 Å². The van der Waals surface area contributed by atoms with Crippen LogP contribution in [0, 0.1) is 11.7 Å². The molecule has 3 N–H and O–H groups in total. The lowest BCUT2D eigenvalue weighted by atomic mass is 9.85. The van der Waals surface area contributed by atoms with Crippen molar-refractivity contribution in [1.82, 2.24) is 4.90 Å². The SMILES string of the molecule is C[C@@H]1C[C@H]2CCCC[C@@H]2N1C(=O)Nc1ccc(C(N)=O)cc1F. The number of hydrogen-bond acceptors (Lipinski definition) is 2. The van der Waals surface area contributed by atoms with E-state index in [2.05, 4.69) is 5.32 Å². The number of rotatable bonds is 2. The zero-order valence-corrected chi connectivity index (χ0v) is 13.2. The van der Waals surface area contributed by atoms with Crippen molar-refractivity contribution >= 4 is 17.6 Å². The van der Waals surface area contributed by atoms with Crippen molar-refractivity contribution in [2.24, 2.45) is 11.7 Å². The van der Waals surface area contributed by atoms with E-state index in [-0.39, 0.29) is 29.4 Å². The Labute approximate surface area is 135 Å². The predicted octanol–water partition coefficient (Wildman–Crippen LogP) is 3.11. The fourth-order valence-corrected chi connectivity index (χ4v) is 4.01. The third-order valence-electron chi connectivity index (χ3n) is 5.07. The first-order chi connectivity index (χ1) is 11.0. The van der Waals surface area contributed by atoms with Crippen LogP contribution in [0.5, 0.6) is 0 Å². The van der Waals surface area contributed by atoms with Gasteiger partial charge in [-0.2, -0.15) is 0 Å². The fraction of sp³-hybridized carbons (Fsp3) is 0.529. The average molecular weight is 319 g/mol. The van der Waals surface area contributed by atoms with Crippen LogP contribution in [0.25, 0.3) is 0 Å². The molecule has 124 valence electrons. The Morgan fingerprint density at radius 1 is 1.30 bits per heavy atom. The normalized spacial score (nSPS) is 26.7. The molecular formula is C17H22FN3O2. The van der Waals surface area contributed by atoms with Crippen LogP contribution in [0.4, 0.5) is 14.9 Å². The molecular weight excluding hydrogens is 297 g/mol. The standard InChI is InChI=1S/C17H22FN3O2/c1-10-8-11-4-2-3-5-15(11)21(10)17(23)20-14-7-6-12(16(19)22)9-13(14)18/h6-7,9-11,15H,2-5,8H2,1H3,(H2,19,22)(H,20,23)/t10-,11-,15+/m1/s1. The molecule has 1 aromatic rings. The smallest absolute Gasteiger partial charge is 0.322 e. The molecule has 3 amide bonds. The number of nitrogens with zero attached hydrogens (tertiary/aromatic N) is 1. The van der Waals surface area contributed by atoms with E-state index in [4.69, 9.17) is 5.73 Å². The Kier molecular flexibility index (Phi) is 4.24. The quantitative estimate of drug-likeness (QED) is 0.879. The van der Waals surface area contributed by atoms with E-state index in [1.165, 1.54) is 25.0 Å². The molecule has 1 heterocycles. The van der Waals surface area contributed by atoms with Crippen LogP contribution in [-0.4, -0.2) is 28.9 Å². The molecule has 1 aliphatic carbocycles. The van der Waals surface area contributed by atoms with Gasteiger partial charge < -0.3 is 16.0 Å². The van der Waals surface area contributed by atoms with Crippen LogP contribution >= 0.6 is 0 Å². The number of urea groups is 1. The second-order valence-corrected chi connectivity index (χ2v) is 6.59. The molecule has 23 heavy (non-hydrogen) atoms. The number of halogens is 1. The number of hydrogen-bond donors (Lipinski definition) is 2. The topological polar surface area (TPSA) is 75.4 Å². The van der Waals surface area contributed by atoms with E-state index in [0.717, 1.165) is 25.3 Å². The third kappa shape index (κ3) is 3.02. The van der Waals surface area contributed by atoms with Crippen molar-refractivity contribution in [3.63, 3.8) is 0 Å². The highest BCUT2D eigenvalue weighted by molar-refractivity contribution is 5.94. The highest BCUT2D eigenvalue weighted by Crippen LogP contribution is 2.39. The number of primary amides is 1. The first-order valence-corrected chi connectivity index (χ1v) is 8.16. The maximum atomic E-state index is 14.0. The van der Waals surface area contributed by atoms with Gasteiger partial charge in [0.15, 0.2) is 0 Å². The van der Waals surface area contributed by atoms with Crippen molar-refractivity contribution < 1.29 is 14.0 Å². The summed E-state index contributed by atoms with van der Waals surface area (Å²) in [6, 6.07) is 4.00. The minimum Gasteiger partial charge on any atom is -0.366 e. The van der Waals surface area contributed by atoms with Crippen molar-refractivity contribution in [3.8, 4) is 0 Å². The molecule has 0 unspecified atom stereocenters. The van der Waals surface area contributed by atoms with Crippen molar-refractivity contribution in [1.29, 1.82) is 0 Å². The van der Waals surface area contributed by atoms with Gasteiger partial charge in [0.25, 0.3) is 0 Å². The number of carbonyl (C=O) groups excluding carboxylic acids is 2. The minimum absolute atomic E-state index is 0.0754. The number of nitrogens with two attached hydrogens (primary N) is 1. The third-order valence-corrected chi connectivity index (χ3v) is 5.07. The number of fused-ring (bicyclic) bond motifs is 1. The Bertz CT molecular complexity index is 634. The van der Waals surface area contributed by atoms with Gasteiger partial charge >= 0.3 is 6.03 Å². The van der Waals surface area contributed by atoms with Gasteiger partial charge in [-0.05, 0) is 50.3 Å². The molecule has 1 saturated carbocycles. The first-order valence-electron chi connectivity index (χ1n) is 8.16. The summed E-state index contributed by atoms with van der Waals surface area (Å²) in [6.45, 7) is 2.05. The summed E-state index contributed by atoms with van der Waals surface area (Å²) in [6.07, 6.45) is 5.57. The van der Waals surface area contributed by atoms with Gasteiger partial charge in [0.1, 0.15) is 5.82 Å². The molecule has 0 radical (unpaired) electrons. The molecule has 2 fully saturated rings. The van der Waals surface area contributed by atoms with Crippen LogP contribution in [0.15, 0.2) is 18.2 Å². The highest BCUT2D eigenvalue weighted by atomic mass is 19.1. The van der Waals surface area contributed by atoms with E-state index < -0.39 is 11.7 Å². The Hall–Kier alpha value is -2.11. The van der Waals surface area contributed by atoms with Gasteiger partial charge in [-0.25, -0.2) is 9.18 Å². The van der Waals surface area contributed by atoms with Crippen LogP contribution < -0.4 is 11.1 Å². The fourth-order valence-electron chi connectivity index (χ4n) is 4.01. The molecule has 3 atom stereocenters. The molecule has 2 aliphatic rings. The van der Waals surface area contributed by atoms with Crippen molar-refractivity contribution in [2.45, 2.75) is 51.1 Å². The van der Waals surface area contributed by atoms with E-state index in [0.29, 0.717) is 5.92 Å². The molecule has 0 spiro atoms. The number of likely N-dealkylation sites (tertiary alicyclic amines) is 1. The Morgan fingerprint density at radius 2 is 2.04 bits per heavy atom. The van der Waals surface area contributed by atoms with Gasteiger partial charge in [-0.1, -0.05) is 12.8 Å². The second-order valence-electron chi connectivity index (χ2n) is 6.59. The van der Waals surface area contributed by atoms with Crippen LogP contribution in [0.2, 0.25) is 0 Å².